The van der Waals surface area contributed by atoms with Crippen LogP contribution in [0.15, 0.2) is 12.3 Å². The minimum atomic E-state index is -0.127. The molecule has 0 aliphatic carbocycles. The molecule has 0 atom stereocenters. The molecule has 0 aromatic carbocycles. The molecule has 1 saturated heterocycles. The normalized spacial score (nSPS) is 17.1. The van der Waals surface area contributed by atoms with E-state index in [1.807, 2.05) is 6.07 Å². The standard InChI is InChI=1S/C15H22N4O/c1-11(2)19-5-3-12(4-6-19)9-18-15(20)14-7-13(8-16)10-17-14/h7,10-12,17H,3-6,9H2,1-2H3,(H,18,20). The smallest absolute Gasteiger partial charge is 0.267 e. The maximum Gasteiger partial charge on any atom is 0.267 e. The van der Waals surface area contributed by atoms with Crippen molar-refractivity contribution in [3.8, 4) is 6.07 Å². The number of hydrogen-bond donors (Lipinski definition) is 2. The van der Waals surface area contributed by atoms with Crippen LogP contribution in [0.4, 0.5) is 0 Å². The number of likely N-dealkylation sites (tertiary alicyclic amines) is 1. The number of carbonyl (C=O) groups excluding carboxylic acids is 1. The summed E-state index contributed by atoms with van der Waals surface area (Å²) < 4.78 is 0. The Morgan fingerprint density at radius 2 is 2.25 bits per heavy atom. The van der Waals surface area contributed by atoms with Crippen molar-refractivity contribution >= 4 is 5.91 Å². The van der Waals surface area contributed by atoms with Crippen molar-refractivity contribution in [2.45, 2.75) is 32.7 Å². The van der Waals surface area contributed by atoms with Crippen molar-refractivity contribution < 1.29 is 4.79 Å². The van der Waals surface area contributed by atoms with Gasteiger partial charge in [-0.15, -0.1) is 0 Å². The van der Waals surface area contributed by atoms with Crippen molar-refractivity contribution in [3.05, 3.63) is 23.5 Å². The van der Waals surface area contributed by atoms with Crippen molar-refractivity contribution in [2.75, 3.05) is 19.6 Å². The van der Waals surface area contributed by atoms with Gasteiger partial charge in [0, 0.05) is 18.8 Å². The zero-order valence-corrected chi connectivity index (χ0v) is 12.1. The van der Waals surface area contributed by atoms with Gasteiger partial charge in [-0.1, -0.05) is 0 Å². The van der Waals surface area contributed by atoms with Crippen LogP contribution >= 0.6 is 0 Å². The van der Waals surface area contributed by atoms with E-state index in [1.165, 1.54) is 0 Å². The summed E-state index contributed by atoms with van der Waals surface area (Å²) in [4.78, 5) is 17.2. The Hall–Kier alpha value is -1.80. The van der Waals surface area contributed by atoms with Crippen LogP contribution in [0.5, 0.6) is 0 Å². The summed E-state index contributed by atoms with van der Waals surface area (Å²) in [6.07, 6.45) is 3.81. The van der Waals surface area contributed by atoms with E-state index < -0.39 is 0 Å². The second kappa shape index (κ2) is 6.58. The maximum absolute atomic E-state index is 11.9. The second-order valence-electron chi connectivity index (χ2n) is 5.70. The van der Waals surface area contributed by atoms with Crippen LogP contribution in [0.25, 0.3) is 0 Å². The summed E-state index contributed by atoms with van der Waals surface area (Å²) in [7, 11) is 0. The molecule has 1 aromatic heterocycles. The molecule has 108 valence electrons. The molecule has 20 heavy (non-hydrogen) atoms. The number of amides is 1. The quantitative estimate of drug-likeness (QED) is 0.878. The van der Waals surface area contributed by atoms with Crippen molar-refractivity contribution in [1.29, 1.82) is 5.26 Å². The van der Waals surface area contributed by atoms with Crippen LogP contribution in [-0.2, 0) is 0 Å². The molecule has 1 amide bonds. The number of H-pyrrole nitrogens is 1. The van der Waals surface area contributed by atoms with Gasteiger partial charge in [0.1, 0.15) is 11.8 Å². The van der Waals surface area contributed by atoms with Gasteiger partial charge >= 0.3 is 0 Å². The number of piperidine rings is 1. The molecular weight excluding hydrogens is 252 g/mol. The summed E-state index contributed by atoms with van der Waals surface area (Å²) in [5, 5.41) is 11.7. The molecule has 1 aliphatic rings. The summed E-state index contributed by atoms with van der Waals surface area (Å²) in [5.74, 6) is 0.428. The van der Waals surface area contributed by atoms with Gasteiger partial charge in [-0.2, -0.15) is 5.26 Å². The number of aromatic nitrogens is 1. The monoisotopic (exact) mass is 274 g/mol. The van der Waals surface area contributed by atoms with Gasteiger partial charge in [0.25, 0.3) is 5.91 Å². The van der Waals surface area contributed by atoms with Crippen molar-refractivity contribution in [1.82, 2.24) is 15.2 Å². The lowest BCUT2D eigenvalue weighted by molar-refractivity contribution is 0.0925. The van der Waals surface area contributed by atoms with Gasteiger partial charge in [-0.3, -0.25) is 4.79 Å². The largest absolute Gasteiger partial charge is 0.356 e. The molecule has 0 radical (unpaired) electrons. The molecule has 0 spiro atoms. The Bertz CT molecular complexity index is 492. The fraction of sp³-hybridized carbons (Fsp3) is 0.600. The van der Waals surface area contributed by atoms with Crippen LogP contribution in [0.1, 0.15) is 42.7 Å². The van der Waals surface area contributed by atoms with Gasteiger partial charge in [-0.25, -0.2) is 0 Å². The van der Waals surface area contributed by atoms with Gasteiger partial charge in [0.2, 0.25) is 0 Å². The molecule has 2 heterocycles. The third-order valence-corrected chi connectivity index (χ3v) is 3.99. The zero-order valence-electron chi connectivity index (χ0n) is 12.1. The summed E-state index contributed by atoms with van der Waals surface area (Å²) in [5.41, 5.74) is 0.946. The van der Waals surface area contributed by atoms with Gasteiger partial charge in [0.15, 0.2) is 0 Å². The lowest BCUT2D eigenvalue weighted by Gasteiger charge is -2.34. The molecule has 1 fully saturated rings. The highest BCUT2D eigenvalue weighted by atomic mass is 16.1. The van der Waals surface area contributed by atoms with Crippen LogP contribution in [0.3, 0.4) is 0 Å². The summed E-state index contributed by atoms with van der Waals surface area (Å²) in [6, 6.07) is 4.19. The molecular formula is C15H22N4O. The first-order valence-corrected chi connectivity index (χ1v) is 7.21. The molecule has 2 rings (SSSR count). The minimum absolute atomic E-state index is 0.127. The van der Waals surface area contributed by atoms with Crippen molar-refractivity contribution in [3.63, 3.8) is 0 Å². The number of hydrogen-bond acceptors (Lipinski definition) is 3. The first kappa shape index (κ1) is 14.6. The number of aromatic amines is 1. The van der Waals surface area contributed by atoms with E-state index in [-0.39, 0.29) is 5.91 Å². The Morgan fingerprint density at radius 3 is 2.80 bits per heavy atom. The van der Waals surface area contributed by atoms with Gasteiger partial charge < -0.3 is 15.2 Å². The van der Waals surface area contributed by atoms with Crippen LogP contribution in [-0.4, -0.2) is 41.5 Å². The molecule has 0 saturated carbocycles. The lowest BCUT2D eigenvalue weighted by atomic mass is 9.96. The first-order chi connectivity index (χ1) is 9.60. The Kier molecular flexibility index (Phi) is 4.80. The molecule has 0 bridgehead atoms. The predicted molar refractivity (Wildman–Crippen MR) is 77.3 cm³/mol. The minimum Gasteiger partial charge on any atom is -0.356 e. The number of rotatable bonds is 4. The van der Waals surface area contributed by atoms with E-state index in [0.717, 1.165) is 25.9 Å². The molecule has 5 heteroatoms. The maximum atomic E-state index is 11.9. The predicted octanol–water partition coefficient (Wildman–Crippen LogP) is 1.74. The number of carbonyl (C=O) groups is 1. The van der Waals surface area contributed by atoms with E-state index in [2.05, 4.69) is 29.0 Å². The number of nitriles is 1. The van der Waals surface area contributed by atoms with Gasteiger partial charge in [-0.05, 0) is 51.8 Å². The Morgan fingerprint density at radius 1 is 1.55 bits per heavy atom. The first-order valence-electron chi connectivity index (χ1n) is 7.21. The van der Waals surface area contributed by atoms with E-state index in [1.54, 1.807) is 12.3 Å². The topological polar surface area (TPSA) is 71.9 Å². The fourth-order valence-corrected chi connectivity index (χ4v) is 2.60. The summed E-state index contributed by atoms with van der Waals surface area (Å²) in [6.45, 7) is 7.38. The number of nitrogens with zero attached hydrogens (tertiary/aromatic N) is 2. The molecule has 0 unspecified atom stereocenters. The van der Waals surface area contributed by atoms with Gasteiger partial charge in [0.05, 0.1) is 5.56 Å². The van der Waals surface area contributed by atoms with Crippen molar-refractivity contribution in [2.24, 2.45) is 5.92 Å². The highest BCUT2D eigenvalue weighted by Crippen LogP contribution is 2.18. The fourth-order valence-electron chi connectivity index (χ4n) is 2.60. The van der Waals surface area contributed by atoms with E-state index >= 15 is 0 Å². The summed E-state index contributed by atoms with van der Waals surface area (Å²) >= 11 is 0. The SMILES string of the molecule is CC(C)N1CCC(CNC(=O)c2cc(C#N)c[nH]2)CC1. The van der Waals surface area contributed by atoms with Crippen LogP contribution in [0.2, 0.25) is 0 Å². The highest BCUT2D eigenvalue weighted by Gasteiger charge is 2.21. The van der Waals surface area contributed by atoms with E-state index in [4.69, 9.17) is 5.26 Å². The third kappa shape index (κ3) is 3.61. The molecule has 1 aromatic rings. The Balaban J connectivity index is 1.76. The van der Waals surface area contributed by atoms with E-state index in [0.29, 0.717) is 29.8 Å². The second-order valence-corrected chi connectivity index (χ2v) is 5.70. The lowest BCUT2D eigenvalue weighted by Crippen LogP contribution is -2.41. The average Bonchev–Trinajstić information content (AvgIpc) is 2.94. The highest BCUT2D eigenvalue weighted by molar-refractivity contribution is 5.92. The third-order valence-electron chi connectivity index (χ3n) is 3.99. The molecule has 2 N–H and O–H groups in total. The molecule has 5 nitrogen and oxygen atoms in total. The zero-order chi connectivity index (χ0) is 14.5. The van der Waals surface area contributed by atoms with Crippen LogP contribution < -0.4 is 5.32 Å². The molecule has 1 aliphatic heterocycles. The number of nitrogens with one attached hydrogen (secondary N) is 2. The van der Waals surface area contributed by atoms with E-state index in [9.17, 15) is 4.79 Å². The van der Waals surface area contributed by atoms with Crippen LogP contribution in [0, 0.1) is 17.2 Å². The Labute approximate surface area is 120 Å². The average molecular weight is 274 g/mol.